The maximum Gasteiger partial charge on any atom is 0.352 e. The Morgan fingerprint density at radius 1 is 1.11 bits per heavy atom. The lowest BCUT2D eigenvalue weighted by atomic mass is 9.95. The molecule has 1 aliphatic carbocycles. The number of ether oxygens (including phenoxy) is 3. The fourth-order valence-electron chi connectivity index (χ4n) is 5.16. The van der Waals surface area contributed by atoms with E-state index in [-0.39, 0.29) is 17.9 Å². The molecular formula is C30H34N2O6. The molecule has 2 aromatic heterocycles. The van der Waals surface area contributed by atoms with Crippen molar-refractivity contribution in [2.45, 2.75) is 64.9 Å². The Hall–Kier alpha value is -3.62. The Morgan fingerprint density at radius 3 is 2.68 bits per heavy atom. The number of methoxy groups -OCH3 is 1. The molecule has 1 fully saturated rings. The quantitative estimate of drug-likeness (QED) is 0.268. The average molecular weight is 519 g/mol. The SMILES string of the molecule is COc1ccc2cc(C(=O)O)n(CCOC3CCCC(OCc4nc(-c5cccc(C)c5)oc4C)C3)c2c1. The number of rotatable bonds is 10. The van der Waals surface area contributed by atoms with Crippen molar-refractivity contribution in [1.82, 2.24) is 9.55 Å². The third kappa shape index (κ3) is 5.76. The second kappa shape index (κ2) is 11.4. The van der Waals surface area contributed by atoms with Gasteiger partial charge in [-0.05, 0) is 69.9 Å². The smallest absolute Gasteiger partial charge is 0.352 e. The van der Waals surface area contributed by atoms with Gasteiger partial charge in [0.05, 0.1) is 38.0 Å². The van der Waals surface area contributed by atoms with Crippen LogP contribution < -0.4 is 4.74 Å². The van der Waals surface area contributed by atoms with Crippen LogP contribution in [0.2, 0.25) is 0 Å². The zero-order valence-electron chi connectivity index (χ0n) is 22.1. The van der Waals surface area contributed by atoms with E-state index in [4.69, 9.17) is 18.6 Å². The topological polar surface area (TPSA) is 96.0 Å². The van der Waals surface area contributed by atoms with Gasteiger partial charge in [0.25, 0.3) is 0 Å². The summed E-state index contributed by atoms with van der Waals surface area (Å²) >= 11 is 0. The van der Waals surface area contributed by atoms with Crippen LogP contribution in [0, 0.1) is 13.8 Å². The van der Waals surface area contributed by atoms with Crippen LogP contribution in [0.3, 0.4) is 0 Å². The van der Waals surface area contributed by atoms with E-state index in [0.29, 0.717) is 31.4 Å². The number of aryl methyl sites for hydroxylation is 2. The van der Waals surface area contributed by atoms with Crippen LogP contribution >= 0.6 is 0 Å². The standard InChI is InChI=1S/C30H34N2O6/c1-19-6-4-7-22(14-19)29-31-26(20(2)38-29)18-37-25-9-5-8-24(16-25)36-13-12-32-27-17-23(35-3)11-10-21(27)15-28(32)30(33)34/h4,6-7,10-11,14-15,17,24-25H,5,8-9,12-13,16,18H2,1-3H3,(H,33,34). The molecular weight excluding hydrogens is 484 g/mol. The van der Waals surface area contributed by atoms with Gasteiger partial charge in [0.1, 0.15) is 22.9 Å². The molecule has 5 rings (SSSR count). The lowest BCUT2D eigenvalue weighted by molar-refractivity contribution is -0.0523. The van der Waals surface area contributed by atoms with E-state index in [1.807, 2.05) is 50.2 Å². The van der Waals surface area contributed by atoms with Crippen molar-refractivity contribution in [3.05, 3.63) is 71.2 Å². The zero-order chi connectivity index (χ0) is 26.6. The maximum atomic E-state index is 11.8. The van der Waals surface area contributed by atoms with Gasteiger partial charge in [-0.25, -0.2) is 9.78 Å². The van der Waals surface area contributed by atoms with E-state index in [1.54, 1.807) is 17.7 Å². The third-order valence-corrected chi connectivity index (χ3v) is 7.19. The molecule has 0 aliphatic heterocycles. The fourth-order valence-corrected chi connectivity index (χ4v) is 5.16. The van der Waals surface area contributed by atoms with Crippen LogP contribution in [0.15, 0.2) is 52.9 Å². The van der Waals surface area contributed by atoms with Gasteiger partial charge in [-0.2, -0.15) is 0 Å². The van der Waals surface area contributed by atoms with Crippen molar-refractivity contribution in [3.63, 3.8) is 0 Å². The molecule has 0 saturated heterocycles. The number of benzene rings is 2. The van der Waals surface area contributed by atoms with E-state index in [9.17, 15) is 9.90 Å². The Labute approximate surface area is 222 Å². The van der Waals surface area contributed by atoms with Crippen LogP contribution in [0.4, 0.5) is 0 Å². The summed E-state index contributed by atoms with van der Waals surface area (Å²) in [6.45, 7) is 5.23. The van der Waals surface area contributed by atoms with E-state index in [2.05, 4.69) is 11.1 Å². The number of hydrogen-bond acceptors (Lipinski definition) is 6. The summed E-state index contributed by atoms with van der Waals surface area (Å²) in [5, 5.41) is 10.6. The van der Waals surface area contributed by atoms with Gasteiger partial charge in [-0.3, -0.25) is 0 Å². The minimum Gasteiger partial charge on any atom is -0.497 e. The number of carboxylic acids is 1. The van der Waals surface area contributed by atoms with Crippen molar-refractivity contribution in [1.29, 1.82) is 0 Å². The fraction of sp³-hybridized carbons (Fsp3) is 0.400. The predicted octanol–water partition coefficient (Wildman–Crippen LogP) is 6.16. The molecule has 0 bridgehead atoms. The summed E-state index contributed by atoms with van der Waals surface area (Å²) in [5.74, 6) is 1.12. The largest absolute Gasteiger partial charge is 0.497 e. The number of aromatic carboxylic acids is 1. The first-order chi connectivity index (χ1) is 18.4. The highest BCUT2D eigenvalue weighted by Crippen LogP contribution is 2.28. The highest BCUT2D eigenvalue weighted by atomic mass is 16.5. The van der Waals surface area contributed by atoms with Crippen LogP contribution in [0.1, 0.15) is 53.2 Å². The Kier molecular flexibility index (Phi) is 7.81. The molecule has 1 N–H and O–H groups in total. The van der Waals surface area contributed by atoms with Crippen LogP contribution in [-0.4, -0.2) is 46.6 Å². The van der Waals surface area contributed by atoms with Crippen molar-refractivity contribution in [2.24, 2.45) is 0 Å². The number of fused-ring (bicyclic) bond motifs is 1. The first-order valence-corrected chi connectivity index (χ1v) is 13.1. The molecule has 200 valence electrons. The van der Waals surface area contributed by atoms with E-state index >= 15 is 0 Å². The molecule has 1 saturated carbocycles. The van der Waals surface area contributed by atoms with Crippen LogP contribution in [0.5, 0.6) is 5.75 Å². The van der Waals surface area contributed by atoms with Crippen molar-refractivity contribution >= 4 is 16.9 Å². The number of carbonyl (C=O) groups is 1. The number of oxazole rings is 1. The van der Waals surface area contributed by atoms with Crippen molar-refractivity contribution in [2.75, 3.05) is 13.7 Å². The number of nitrogens with zero attached hydrogens (tertiary/aromatic N) is 2. The van der Waals surface area contributed by atoms with Gasteiger partial charge >= 0.3 is 5.97 Å². The minimum atomic E-state index is -0.958. The molecule has 2 aromatic carbocycles. The van der Waals surface area contributed by atoms with Crippen LogP contribution in [-0.2, 0) is 22.6 Å². The van der Waals surface area contributed by atoms with Gasteiger partial charge < -0.3 is 28.3 Å². The van der Waals surface area contributed by atoms with E-state index in [0.717, 1.165) is 59.2 Å². The second-order valence-electron chi connectivity index (χ2n) is 9.89. The summed E-state index contributed by atoms with van der Waals surface area (Å²) < 4.78 is 25.5. The Balaban J connectivity index is 1.17. The zero-order valence-corrected chi connectivity index (χ0v) is 22.1. The summed E-state index contributed by atoms with van der Waals surface area (Å²) in [4.78, 5) is 16.5. The average Bonchev–Trinajstić information content (AvgIpc) is 3.47. The van der Waals surface area contributed by atoms with Crippen molar-refractivity contribution in [3.8, 4) is 17.2 Å². The minimum absolute atomic E-state index is 0.0691. The maximum absolute atomic E-state index is 11.8. The van der Waals surface area contributed by atoms with Gasteiger partial charge in [-0.15, -0.1) is 0 Å². The van der Waals surface area contributed by atoms with Gasteiger partial charge in [0.2, 0.25) is 5.89 Å². The van der Waals surface area contributed by atoms with Gasteiger partial charge in [0, 0.05) is 23.6 Å². The van der Waals surface area contributed by atoms with E-state index < -0.39 is 5.97 Å². The lowest BCUT2D eigenvalue weighted by Gasteiger charge is -2.29. The molecule has 8 nitrogen and oxygen atoms in total. The Morgan fingerprint density at radius 2 is 1.92 bits per heavy atom. The molecule has 0 radical (unpaired) electrons. The molecule has 0 amide bonds. The highest BCUT2D eigenvalue weighted by Gasteiger charge is 2.24. The molecule has 38 heavy (non-hydrogen) atoms. The molecule has 0 spiro atoms. The summed E-state index contributed by atoms with van der Waals surface area (Å²) in [7, 11) is 1.60. The number of aromatic nitrogens is 2. The lowest BCUT2D eigenvalue weighted by Crippen LogP contribution is -2.29. The summed E-state index contributed by atoms with van der Waals surface area (Å²) in [6, 6.07) is 15.4. The first kappa shape index (κ1) is 26.0. The molecule has 2 heterocycles. The predicted molar refractivity (Wildman–Crippen MR) is 144 cm³/mol. The van der Waals surface area contributed by atoms with Gasteiger partial charge in [-0.1, -0.05) is 17.7 Å². The number of carboxylic acid groups (broad SMARTS) is 1. The monoisotopic (exact) mass is 518 g/mol. The third-order valence-electron chi connectivity index (χ3n) is 7.19. The second-order valence-corrected chi connectivity index (χ2v) is 9.89. The first-order valence-electron chi connectivity index (χ1n) is 13.1. The molecule has 1 aliphatic rings. The molecule has 2 unspecified atom stereocenters. The molecule has 4 aromatic rings. The van der Waals surface area contributed by atoms with Crippen LogP contribution in [0.25, 0.3) is 22.4 Å². The van der Waals surface area contributed by atoms with Gasteiger partial charge in [0.15, 0.2) is 0 Å². The summed E-state index contributed by atoms with van der Waals surface area (Å²) in [5.41, 5.74) is 4.01. The van der Waals surface area contributed by atoms with E-state index in [1.165, 1.54) is 0 Å². The number of hydrogen-bond donors (Lipinski definition) is 1. The van der Waals surface area contributed by atoms with Crippen molar-refractivity contribution < 1.29 is 28.5 Å². The summed E-state index contributed by atoms with van der Waals surface area (Å²) in [6.07, 6.45) is 3.91. The molecule has 8 heteroatoms. The normalized spacial score (nSPS) is 17.7. The highest BCUT2D eigenvalue weighted by molar-refractivity contribution is 5.95. The Bertz CT molecular complexity index is 1420. The molecule has 2 atom stereocenters.